The number of allylic oxidation sites excluding steroid dienone is 2. The van der Waals surface area contributed by atoms with Gasteiger partial charge in [0.15, 0.2) is 11.5 Å². The zero-order valence-corrected chi connectivity index (χ0v) is 11.0. The third-order valence-electron chi connectivity index (χ3n) is 2.18. The smallest absolute Gasteiger partial charge is 0.160 e. The summed E-state index contributed by atoms with van der Waals surface area (Å²) in [6.45, 7) is 8.02. The molecule has 0 aliphatic carbocycles. The Hall–Kier alpha value is -2.10. The predicted molar refractivity (Wildman–Crippen MR) is 70.7 cm³/mol. The van der Waals surface area contributed by atoms with E-state index >= 15 is 0 Å². The molecule has 0 N–H and O–H groups in total. The summed E-state index contributed by atoms with van der Waals surface area (Å²) in [6, 6.07) is 3.69. The van der Waals surface area contributed by atoms with Gasteiger partial charge in [-0.05, 0) is 39.8 Å². The molecule has 0 aromatic carbocycles. The molecule has 2 heterocycles. The van der Waals surface area contributed by atoms with E-state index < -0.39 is 0 Å². The van der Waals surface area contributed by atoms with Gasteiger partial charge >= 0.3 is 0 Å². The fourth-order valence-corrected chi connectivity index (χ4v) is 1.53. The highest BCUT2D eigenvalue weighted by Gasteiger charge is 2.10. The first kappa shape index (κ1) is 12.4. The van der Waals surface area contributed by atoms with Gasteiger partial charge in [0.05, 0.1) is 0 Å². The van der Waals surface area contributed by atoms with Crippen LogP contribution in [0, 0.1) is 0 Å². The Labute approximate surface area is 106 Å². The van der Waals surface area contributed by atoms with E-state index in [4.69, 9.17) is 9.05 Å². The minimum atomic E-state index is 0.680. The molecule has 0 spiro atoms. The van der Waals surface area contributed by atoms with Crippen LogP contribution in [0.25, 0.3) is 23.5 Å². The topological polar surface area (TPSA) is 52.1 Å². The van der Waals surface area contributed by atoms with Crippen LogP contribution in [0.5, 0.6) is 0 Å². The van der Waals surface area contributed by atoms with Crippen LogP contribution in [0.3, 0.4) is 0 Å². The van der Waals surface area contributed by atoms with E-state index in [9.17, 15) is 0 Å². The number of rotatable bonds is 3. The van der Waals surface area contributed by atoms with Crippen molar-refractivity contribution >= 4 is 12.2 Å². The lowest BCUT2D eigenvalue weighted by Crippen LogP contribution is -1.73. The van der Waals surface area contributed by atoms with E-state index in [1.165, 1.54) is 0 Å². The van der Waals surface area contributed by atoms with E-state index in [1.54, 1.807) is 0 Å². The molecule has 4 nitrogen and oxygen atoms in total. The molecular formula is C14H16N2O2. The van der Waals surface area contributed by atoms with E-state index in [2.05, 4.69) is 10.3 Å². The first-order chi connectivity index (χ1) is 8.54. The molecule has 0 atom stereocenters. The Bertz CT molecular complexity index is 541. The maximum absolute atomic E-state index is 5.20. The summed E-state index contributed by atoms with van der Waals surface area (Å²) in [5, 5.41) is 7.94. The van der Waals surface area contributed by atoms with E-state index in [0.717, 1.165) is 22.7 Å². The van der Waals surface area contributed by atoms with Crippen LogP contribution in [-0.4, -0.2) is 10.3 Å². The number of hydrogen-bond donors (Lipinski definition) is 0. The van der Waals surface area contributed by atoms with Crippen LogP contribution < -0.4 is 0 Å². The van der Waals surface area contributed by atoms with Gasteiger partial charge in [0, 0.05) is 12.1 Å². The predicted octanol–water partition coefficient (Wildman–Crippen LogP) is 4.18. The highest BCUT2D eigenvalue weighted by molar-refractivity contribution is 5.61. The Kier molecular flexibility index (Phi) is 3.46. The van der Waals surface area contributed by atoms with Crippen LogP contribution in [0.2, 0.25) is 0 Å². The fourth-order valence-electron chi connectivity index (χ4n) is 1.53. The molecule has 0 aliphatic heterocycles. The maximum atomic E-state index is 5.20. The number of hydrogen-bond acceptors (Lipinski definition) is 4. The van der Waals surface area contributed by atoms with Crippen LogP contribution in [0.15, 0.2) is 32.3 Å². The van der Waals surface area contributed by atoms with Crippen LogP contribution in [-0.2, 0) is 0 Å². The molecule has 0 unspecified atom stereocenters. The third-order valence-corrected chi connectivity index (χ3v) is 2.18. The highest BCUT2D eigenvalue weighted by atomic mass is 16.5. The van der Waals surface area contributed by atoms with Gasteiger partial charge in [0.25, 0.3) is 0 Å². The van der Waals surface area contributed by atoms with E-state index in [-0.39, 0.29) is 0 Å². The average Bonchev–Trinajstić information content (AvgIpc) is 2.85. The summed E-state index contributed by atoms with van der Waals surface area (Å²) in [5.74, 6) is 1.44. The molecule has 2 aromatic heterocycles. The first-order valence-electron chi connectivity index (χ1n) is 5.78. The van der Waals surface area contributed by atoms with Crippen molar-refractivity contribution in [2.24, 2.45) is 0 Å². The molecule has 0 fully saturated rings. The van der Waals surface area contributed by atoms with E-state index in [0.29, 0.717) is 11.4 Å². The molecule has 0 radical (unpaired) electrons. The molecule has 0 aliphatic rings. The van der Waals surface area contributed by atoms with Crippen molar-refractivity contribution in [3.63, 3.8) is 0 Å². The average molecular weight is 244 g/mol. The molecule has 0 saturated heterocycles. The van der Waals surface area contributed by atoms with Crippen molar-refractivity contribution in [2.75, 3.05) is 0 Å². The minimum absolute atomic E-state index is 0.680. The lowest BCUT2D eigenvalue weighted by molar-refractivity contribution is 0.406. The molecule has 2 rings (SSSR count). The second-order valence-electron chi connectivity index (χ2n) is 4.67. The standard InChI is InChI=1S/C14H16N2O2/c1-9(2)5-11-7-13(15-17-11)14-8-12(18-16-14)6-10(3)4/h5-8H,1-4H3. The van der Waals surface area contributed by atoms with Crippen molar-refractivity contribution in [1.29, 1.82) is 0 Å². The molecule has 0 amide bonds. The zero-order chi connectivity index (χ0) is 13.1. The maximum Gasteiger partial charge on any atom is 0.160 e. The third kappa shape index (κ3) is 2.97. The Balaban J connectivity index is 2.27. The lowest BCUT2D eigenvalue weighted by atomic mass is 10.2. The van der Waals surface area contributed by atoms with Gasteiger partial charge in [0.1, 0.15) is 11.4 Å². The summed E-state index contributed by atoms with van der Waals surface area (Å²) in [6.07, 6.45) is 3.85. The summed E-state index contributed by atoms with van der Waals surface area (Å²) in [4.78, 5) is 0. The number of aromatic nitrogens is 2. The van der Waals surface area contributed by atoms with Crippen LogP contribution >= 0.6 is 0 Å². The Morgan fingerprint density at radius 1 is 0.833 bits per heavy atom. The minimum Gasteiger partial charge on any atom is -0.356 e. The van der Waals surface area contributed by atoms with Gasteiger partial charge in [-0.15, -0.1) is 0 Å². The fraction of sp³-hybridized carbons (Fsp3) is 0.286. The second-order valence-corrected chi connectivity index (χ2v) is 4.67. The molecule has 2 aromatic rings. The molecule has 4 heteroatoms. The summed E-state index contributed by atoms with van der Waals surface area (Å²) in [7, 11) is 0. The van der Waals surface area contributed by atoms with Gasteiger partial charge in [-0.3, -0.25) is 0 Å². The van der Waals surface area contributed by atoms with Gasteiger partial charge in [-0.25, -0.2) is 0 Å². The molecule has 18 heavy (non-hydrogen) atoms. The van der Waals surface area contributed by atoms with Crippen molar-refractivity contribution < 1.29 is 9.05 Å². The van der Waals surface area contributed by atoms with Crippen molar-refractivity contribution in [3.05, 3.63) is 34.8 Å². The lowest BCUT2D eigenvalue weighted by Gasteiger charge is -1.83. The molecule has 0 bridgehead atoms. The van der Waals surface area contributed by atoms with Crippen molar-refractivity contribution in [3.8, 4) is 11.4 Å². The SMILES string of the molecule is CC(C)=Cc1cc(-c2cc(C=C(C)C)on2)no1. The largest absolute Gasteiger partial charge is 0.356 e. The molecular weight excluding hydrogens is 228 g/mol. The van der Waals surface area contributed by atoms with Gasteiger partial charge in [-0.1, -0.05) is 21.5 Å². The van der Waals surface area contributed by atoms with E-state index in [1.807, 2.05) is 52.0 Å². The van der Waals surface area contributed by atoms with Gasteiger partial charge in [0.2, 0.25) is 0 Å². The van der Waals surface area contributed by atoms with Crippen molar-refractivity contribution in [1.82, 2.24) is 10.3 Å². The molecule has 94 valence electrons. The highest BCUT2D eigenvalue weighted by Crippen LogP contribution is 2.21. The second kappa shape index (κ2) is 5.04. The van der Waals surface area contributed by atoms with Gasteiger partial charge < -0.3 is 9.05 Å². The summed E-state index contributed by atoms with van der Waals surface area (Å²) < 4.78 is 10.4. The zero-order valence-electron chi connectivity index (χ0n) is 11.0. The van der Waals surface area contributed by atoms with Crippen molar-refractivity contribution in [2.45, 2.75) is 27.7 Å². The van der Waals surface area contributed by atoms with Crippen LogP contribution in [0.4, 0.5) is 0 Å². The summed E-state index contributed by atoms with van der Waals surface area (Å²) in [5.41, 5.74) is 3.67. The van der Waals surface area contributed by atoms with Crippen LogP contribution in [0.1, 0.15) is 39.2 Å². The Morgan fingerprint density at radius 3 is 1.56 bits per heavy atom. The van der Waals surface area contributed by atoms with Gasteiger partial charge in [-0.2, -0.15) is 0 Å². The molecule has 0 saturated carbocycles. The Morgan fingerprint density at radius 2 is 1.22 bits per heavy atom. The quantitative estimate of drug-likeness (QED) is 0.812. The monoisotopic (exact) mass is 244 g/mol. The normalized spacial score (nSPS) is 10.2. The first-order valence-corrected chi connectivity index (χ1v) is 5.78. The number of nitrogens with zero attached hydrogens (tertiary/aromatic N) is 2. The summed E-state index contributed by atoms with van der Waals surface area (Å²) >= 11 is 0.